The minimum absolute atomic E-state index is 0.0583. The fourth-order valence-corrected chi connectivity index (χ4v) is 2.04. The van der Waals surface area contributed by atoms with E-state index in [1.807, 2.05) is 31.2 Å². The van der Waals surface area contributed by atoms with Crippen LogP contribution in [0.3, 0.4) is 0 Å². The molecule has 2 rings (SSSR count). The number of hydrogen-bond donors (Lipinski definition) is 1. The lowest BCUT2D eigenvalue weighted by Crippen LogP contribution is -2.27. The third-order valence-corrected chi connectivity index (χ3v) is 3.09. The summed E-state index contributed by atoms with van der Waals surface area (Å²) in [5.41, 5.74) is 1.48. The lowest BCUT2D eigenvalue weighted by Gasteiger charge is -2.14. The number of carbonyl (C=O) groups excluding carboxylic acids is 1. The van der Waals surface area contributed by atoms with Gasteiger partial charge in [-0.15, -0.1) is 0 Å². The van der Waals surface area contributed by atoms with Gasteiger partial charge in [0, 0.05) is 10.7 Å². The SMILES string of the molecule is CC(NC(=O)c1ccccn1)c1cccc(Br)c1. The molecular weight excluding hydrogens is 292 g/mol. The highest BCUT2D eigenvalue weighted by atomic mass is 79.9. The van der Waals surface area contributed by atoms with Crippen molar-refractivity contribution in [3.8, 4) is 0 Å². The van der Waals surface area contributed by atoms with Crippen LogP contribution in [-0.4, -0.2) is 10.9 Å². The molecule has 1 N–H and O–H groups in total. The Hall–Kier alpha value is -1.68. The van der Waals surface area contributed by atoms with Crippen LogP contribution in [0.15, 0.2) is 53.1 Å². The zero-order valence-corrected chi connectivity index (χ0v) is 11.5. The lowest BCUT2D eigenvalue weighted by atomic mass is 10.1. The number of amides is 1. The van der Waals surface area contributed by atoms with Crippen LogP contribution >= 0.6 is 15.9 Å². The average Bonchev–Trinajstić information content (AvgIpc) is 2.39. The van der Waals surface area contributed by atoms with Crippen LogP contribution in [0.2, 0.25) is 0 Å². The number of halogens is 1. The first-order valence-corrected chi connectivity index (χ1v) is 6.43. The summed E-state index contributed by atoms with van der Waals surface area (Å²) in [5, 5.41) is 2.92. The molecule has 0 fully saturated rings. The molecule has 1 atom stereocenters. The molecule has 1 aromatic heterocycles. The van der Waals surface area contributed by atoms with E-state index in [9.17, 15) is 4.79 Å². The fraction of sp³-hybridized carbons (Fsp3) is 0.143. The van der Waals surface area contributed by atoms with Gasteiger partial charge in [-0.25, -0.2) is 0 Å². The van der Waals surface area contributed by atoms with Crippen LogP contribution in [0.4, 0.5) is 0 Å². The highest BCUT2D eigenvalue weighted by Gasteiger charge is 2.11. The Balaban J connectivity index is 2.08. The topological polar surface area (TPSA) is 42.0 Å². The lowest BCUT2D eigenvalue weighted by molar-refractivity contribution is 0.0935. The van der Waals surface area contributed by atoms with E-state index < -0.39 is 0 Å². The molecule has 0 radical (unpaired) electrons. The fourth-order valence-electron chi connectivity index (χ4n) is 1.63. The quantitative estimate of drug-likeness (QED) is 0.945. The summed E-state index contributed by atoms with van der Waals surface area (Å²) in [6, 6.07) is 13.1. The van der Waals surface area contributed by atoms with E-state index in [2.05, 4.69) is 26.2 Å². The molecule has 2 aromatic rings. The number of carbonyl (C=O) groups is 1. The second-order valence-electron chi connectivity index (χ2n) is 3.97. The van der Waals surface area contributed by atoms with E-state index in [-0.39, 0.29) is 11.9 Å². The van der Waals surface area contributed by atoms with Crippen molar-refractivity contribution in [3.63, 3.8) is 0 Å². The molecule has 0 bridgehead atoms. The average molecular weight is 305 g/mol. The van der Waals surface area contributed by atoms with E-state index in [1.165, 1.54) is 0 Å². The van der Waals surface area contributed by atoms with Crippen LogP contribution in [-0.2, 0) is 0 Å². The van der Waals surface area contributed by atoms with Gasteiger partial charge in [0.25, 0.3) is 5.91 Å². The van der Waals surface area contributed by atoms with Gasteiger partial charge in [-0.05, 0) is 36.8 Å². The molecule has 92 valence electrons. The summed E-state index contributed by atoms with van der Waals surface area (Å²) in [7, 11) is 0. The highest BCUT2D eigenvalue weighted by molar-refractivity contribution is 9.10. The van der Waals surface area contributed by atoms with Crippen molar-refractivity contribution < 1.29 is 4.79 Å². The molecule has 1 aromatic carbocycles. The van der Waals surface area contributed by atoms with Gasteiger partial charge in [0.05, 0.1) is 6.04 Å². The van der Waals surface area contributed by atoms with Gasteiger partial charge in [-0.2, -0.15) is 0 Å². The van der Waals surface area contributed by atoms with E-state index >= 15 is 0 Å². The first kappa shape index (κ1) is 12.8. The van der Waals surface area contributed by atoms with Gasteiger partial charge >= 0.3 is 0 Å². The Morgan fingerprint density at radius 3 is 2.78 bits per heavy atom. The second-order valence-corrected chi connectivity index (χ2v) is 4.88. The highest BCUT2D eigenvalue weighted by Crippen LogP contribution is 2.18. The van der Waals surface area contributed by atoms with E-state index in [0.717, 1.165) is 10.0 Å². The van der Waals surface area contributed by atoms with E-state index in [1.54, 1.807) is 24.4 Å². The number of aromatic nitrogens is 1. The van der Waals surface area contributed by atoms with Crippen LogP contribution in [0, 0.1) is 0 Å². The second kappa shape index (κ2) is 5.78. The maximum atomic E-state index is 11.9. The summed E-state index contributed by atoms with van der Waals surface area (Å²) in [6.07, 6.45) is 1.61. The van der Waals surface area contributed by atoms with Crippen molar-refractivity contribution in [3.05, 3.63) is 64.4 Å². The molecule has 0 spiro atoms. The smallest absolute Gasteiger partial charge is 0.270 e. The predicted octanol–water partition coefficient (Wildman–Crippen LogP) is 3.34. The van der Waals surface area contributed by atoms with Gasteiger partial charge in [0.15, 0.2) is 0 Å². The number of rotatable bonds is 3. The molecule has 0 aliphatic rings. The summed E-state index contributed by atoms with van der Waals surface area (Å²) in [5.74, 6) is -0.164. The van der Waals surface area contributed by atoms with Crippen LogP contribution < -0.4 is 5.32 Å². The summed E-state index contributed by atoms with van der Waals surface area (Å²) >= 11 is 3.42. The summed E-state index contributed by atoms with van der Waals surface area (Å²) in [4.78, 5) is 15.9. The molecule has 1 heterocycles. The Labute approximate surface area is 114 Å². The Morgan fingerprint density at radius 2 is 2.11 bits per heavy atom. The Bertz CT molecular complexity index is 543. The van der Waals surface area contributed by atoms with E-state index in [0.29, 0.717) is 5.69 Å². The number of hydrogen-bond acceptors (Lipinski definition) is 2. The van der Waals surface area contributed by atoms with Crippen LogP contribution in [0.5, 0.6) is 0 Å². The minimum Gasteiger partial charge on any atom is -0.344 e. The number of pyridine rings is 1. The Kier molecular flexibility index (Phi) is 4.10. The van der Waals surface area contributed by atoms with Crippen LogP contribution in [0.1, 0.15) is 29.0 Å². The third-order valence-electron chi connectivity index (χ3n) is 2.59. The summed E-state index contributed by atoms with van der Waals surface area (Å²) < 4.78 is 0.999. The van der Waals surface area contributed by atoms with Gasteiger partial charge < -0.3 is 5.32 Å². The van der Waals surface area contributed by atoms with Gasteiger partial charge in [-0.1, -0.05) is 34.1 Å². The molecule has 3 nitrogen and oxygen atoms in total. The number of benzene rings is 1. The number of nitrogens with one attached hydrogen (secondary N) is 1. The van der Waals surface area contributed by atoms with Crippen molar-refractivity contribution >= 4 is 21.8 Å². The first-order valence-electron chi connectivity index (χ1n) is 5.64. The van der Waals surface area contributed by atoms with Gasteiger partial charge in [0.2, 0.25) is 0 Å². The summed E-state index contributed by atoms with van der Waals surface area (Å²) in [6.45, 7) is 1.95. The molecule has 1 amide bonds. The van der Waals surface area contributed by atoms with Crippen LogP contribution in [0.25, 0.3) is 0 Å². The van der Waals surface area contributed by atoms with Crippen molar-refractivity contribution in [1.82, 2.24) is 10.3 Å². The first-order chi connectivity index (χ1) is 8.66. The van der Waals surface area contributed by atoms with Crippen molar-refractivity contribution in [1.29, 1.82) is 0 Å². The maximum Gasteiger partial charge on any atom is 0.270 e. The standard InChI is InChI=1S/C14H13BrN2O/c1-10(11-5-4-6-12(15)9-11)17-14(18)13-7-2-3-8-16-13/h2-10H,1H3,(H,17,18). The zero-order valence-electron chi connectivity index (χ0n) is 9.93. The molecule has 0 saturated carbocycles. The van der Waals surface area contributed by atoms with E-state index in [4.69, 9.17) is 0 Å². The van der Waals surface area contributed by atoms with Gasteiger partial charge in [0.1, 0.15) is 5.69 Å². The molecule has 0 saturated heterocycles. The largest absolute Gasteiger partial charge is 0.344 e. The maximum absolute atomic E-state index is 11.9. The van der Waals surface area contributed by atoms with Crippen molar-refractivity contribution in [2.45, 2.75) is 13.0 Å². The van der Waals surface area contributed by atoms with Gasteiger partial charge in [-0.3, -0.25) is 9.78 Å². The molecule has 1 unspecified atom stereocenters. The van der Waals surface area contributed by atoms with Crippen molar-refractivity contribution in [2.24, 2.45) is 0 Å². The third kappa shape index (κ3) is 3.17. The molecule has 4 heteroatoms. The number of nitrogens with zero attached hydrogens (tertiary/aromatic N) is 1. The molecule has 18 heavy (non-hydrogen) atoms. The monoisotopic (exact) mass is 304 g/mol. The predicted molar refractivity (Wildman–Crippen MR) is 74.3 cm³/mol. The normalized spacial score (nSPS) is 11.9. The molecular formula is C14H13BrN2O. The Morgan fingerprint density at radius 1 is 1.28 bits per heavy atom. The molecule has 0 aliphatic carbocycles. The zero-order chi connectivity index (χ0) is 13.0. The molecule has 0 aliphatic heterocycles. The minimum atomic E-state index is -0.164. The van der Waals surface area contributed by atoms with Crippen molar-refractivity contribution in [2.75, 3.05) is 0 Å².